The third-order valence-corrected chi connectivity index (χ3v) is 9.46. The zero-order chi connectivity index (χ0) is 42.6. The normalized spacial score (nSPS) is 11.7. The van der Waals surface area contributed by atoms with Crippen LogP contribution in [-0.4, -0.2) is 90.9 Å². The van der Waals surface area contributed by atoms with Crippen LogP contribution in [-0.2, 0) is 9.59 Å². The zero-order valence-corrected chi connectivity index (χ0v) is 33.0. The molecule has 0 aliphatic rings. The van der Waals surface area contributed by atoms with Crippen LogP contribution in [0.5, 0.6) is 34.5 Å². The molecule has 3 aromatic carbocycles. The van der Waals surface area contributed by atoms with E-state index in [9.17, 15) is 54.6 Å². The smallest absolute Gasteiger partial charge is 0.255 e. The third kappa shape index (κ3) is 12.9. The molecule has 11 N–H and O–H groups in total. The van der Waals surface area contributed by atoms with Crippen molar-refractivity contribution in [3.8, 4) is 34.5 Å². The minimum Gasteiger partial charge on any atom is -0.504 e. The molecule has 3 rings (SSSR count). The molecule has 0 bridgehead atoms. The van der Waals surface area contributed by atoms with E-state index in [1.165, 1.54) is 61.5 Å². The highest BCUT2D eigenvalue weighted by molar-refractivity contribution is 5.98. The average molecular weight is 794 g/mol. The van der Waals surface area contributed by atoms with Gasteiger partial charge in [0.2, 0.25) is 11.8 Å². The van der Waals surface area contributed by atoms with E-state index in [4.69, 9.17) is 0 Å². The van der Waals surface area contributed by atoms with Crippen LogP contribution in [0.2, 0.25) is 0 Å². The Morgan fingerprint density at radius 1 is 0.509 bits per heavy atom. The highest BCUT2D eigenvalue weighted by Crippen LogP contribution is 2.37. The van der Waals surface area contributed by atoms with Crippen LogP contribution in [0.1, 0.15) is 111 Å². The van der Waals surface area contributed by atoms with Crippen LogP contribution in [0.15, 0.2) is 54.6 Å². The molecule has 57 heavy (non-hydrogen) atoms. The lowest BCUT2D eigenvalue weighted by atomic mass is 9.73. The fraction of sp³-hybridized carbons (Fsp3) is 0.439. The first-order valence-corrected chi connectivity index (χ1v) is 18.7. The number of benzene rings is 3. The van der Waals surface area contributed by atoms with Gasteiger partial charge in [0.25, 0.3) is 17.7 Å². The summed E-state index contributed by atoms with van der Waals surface area (Å²) in [5, 5.41) is 74.3. The van der Waals surface area contributed by atoms with Crippen LogP contribution in [0.3, 0.4) is 0 Å². The molecule has 0 unspecified atom stereocenters. The number of hydrogen-bond donors (Lipinski definition) is 11. The van der Waals surface area contributed by atoms with Crippen LogP contribution in [0.4, 0.5) is 0 Å². The van der Waals surface area contributed by atoms with Crippen molar-refractivity contribution in [3.63, 3.8) is 0 Å². The lowest BCUT2D eigenvalue weighted by Gasteiger charge is -2.40. The van der Waals surface area contributed by atoms with E-state index in [1.807, 2.05) is 27.7 Å². The molecule has 0 aromatic heterocycles. The van der Waals surface area contributed by atoms with Gasteiger partial charge in [-0.05, 0) is 109 Å². The zero-order valence-electron chi connectivity index (χ0n) is 33.0. The number of amides is 5. The van der Waals surface area contributed by atoms with Gasteiger partial charge in [-0.2, -0.15) is 0 Å². The second-order valence-corrected chi connectivity index (χ2v) is 15.5. The fourth-order valence-electron chi connectivity index (χ4n) is 7.14. The quantitative estimate of drug-likeness (QED) is 0.0574. The molecule has 0 saturated carbocycles. The maximum Gasteiger partial charge on any atom is 0.255 e. The van der Waals surface area contributed by atoms with Gasteiger partial charge < -0.3 is 57.2 Å². The van der Waals surface area contributed by atoms with E-state index in [2.05, 4.69) is 26.6 Å². The monoisotopic (exact) mass is 793 g/mol. The fourth-order valence-corrected chi connectivity index (χ4v) is 7.14. The van der Waals surface area contributed by atoms with Crippen molar-refractivity contribution >= 4 is 29.5 Å². The average Bonchev–Trinajstić information content (AvgIpc) is 3.11. The maximum atomic E-state index is 14.6. The number of carbonyl (C=O) groups is 5. The largest absolute Gasteiger partial charge is 0.504 e. The van der Waals surface area contributed by atoms with Crippen molar-refractivity contribution in [1.29, 1.82) is 0 Å². The summed E-state index contributed by atoms with van der Waals surface area (Å²) in [6.07, 6.45) is 1.77. The molecule has 0 fully saturated rings. The van der Waals surface area contributed by atoms with E-state index in [1.54, 1.807) is 0 Å². The topological polar surface area (TPSA) is 267 Å². The van der Waals surface area contributed by atoms with Gasteiger partial charge in [0.05, 0.1) is 16.7 Å². The van der Waals surface area contributed by atoms with E-state index >= 15 is 0 Å². The predicted octanol–water partition coefficient (Wildman–Crippen LogP) is 4.04. The summed E-state index contributed by atoms with van der Waals surface area (Å²) in [5.74, 6) is -5.61. The molecule has 0 radical (unpaired) electrons. The molecule has 310 valence electrons. The first-order valence-electron chi connectivity index (χ1n) is 18.7. The lowest BCUT2D eigenvalue weighted by molar-refractivity contribution is -0.134. The minimum absolute atomic E-state index is 0.0724. The lowest BCUT2D eigenvalue weighted by Crippen LogP contribution is -2.56. The maximum absolute atomic E-state index is 14.6. The van der Waals surface area contributed by atoms with Crippen LogP contribution in [0, 0.1) is 5.41 Å². The molecule has 3 aromatic rings. The Bertz CT molecular complexity index is 1760. The Morgan fingerprint density at radius 3 is 1.14 bits per heavy atom. The summed E-state index contributed by atoms with van der Waals surface area (Å²) in [7, 11) is 0. The van der Waals surface area contributed by atoms with Crippen LogP contribution in [0.25, 0.3) is 0 Å². The summed E-state index contributed by atoms with van der Waals surface area (Å²) in [6.45, 7) is 8.94. The first-order chi connectivity index (χ1) is 26.7. The van der Waals surface area contributed by atoms with Crippen LogP contribution < -0.4 is 26.6 Å². The number of phenols is 6. The Labute approximate surface area is 331 Å². The predicted molar refractivity (Wildman–Crippen MR) is 211 cm³/mol. The van der Waals surface area contributed by atoms with E-state index in [-0.39, 0.29) is 86.7 Å². The Morgan fingerprint density at radius 2 is 0.825 bits per heavy atom. The highest BCUT2D eigenvalue weighted by atomic mass is 16.3. The molecule has 16 nitrogen and oxygen atoms in total. The van der Waals surface area contributed by atoms with Gasteiger partial charge in [0, 0.05) is 43.1 Å². The molecule has 0 saturated heterocycles. The molecule has 0 heterocycles. The van der Waals surface area contributed by atoms with E-state index in [0.717, 1.165) is 0 Å². The third-order valence-electron chi connectivity index (χ3n) is 9.46. The molecular weight excluding hydrogens is 738 g/mol. The second kappa shape index (κ2) is 19.6. The van der Waals surface area contributed by atoms with Gasteiger partial charge in [-0.3, -0.25) is 24.0 Å². The minimum atomic E-state index is -1.16. The van der Waals surface area contributed by atoms with Crippen molar-refractivity contribution in [2.75, 3.05) is 19.6 Å². The van der Waals surface area contributed by atoms with Gasteiger partial charge in [-0.25, -0.2) is 0 Å². The summed E-state index contributed by atoms with van der Waals surface area (Å²) >= 11 is 0. The highest BCUT2D eigenvalue weighted by Gasteiger charge is 2.41. The van der Waals surface area contributed by atoms with Crippen molar-refractivity contribution in [2.24, 2.45) is 5.41 Å². The van der Waals surface area contributed by atoms with Gasteiger partial charge in [-0.15, -0.1) is 0 Å². The van der Waals surface area contributed by atoms with Gasteiger partial charge in [0.15, 0.2) is 34.5 Å². The molecule has 0 spiro atoms. The second-order valence-electron chi connectivity index (χ2n) is 15.5. The van der Waals surface area contributed by atoms with E-state index < -0.39 is 68.7 Å². The number of carbonyl (C=O) groups excluding carboxylic acids is 5. The summed E-state index contributed by atoms with van der Waals surface area (Å²) in [5.41, 5.74) is -3.12. The molecule has 0 aliphatic heterocycles. The number of para-hydroxylation sites is 3. The molecule has 0 aliphatic carbocycles. The van der Waals surface area contributed by atoms with Crippen LogP contribution >= 0.6 is 0 Å². The summed E-state index contributed by atoms with van der Waals surface area (Å²) in [6, 6.07) is 12.0. The van der Waals surface area contributed by atoms with Crippen molar-refractivity contribution < 1.29 is 54.6 Å². The summed E-state index contributed by atoms with van der Waals surface area (Å²) in [4.78, 5) is 65.3. The molecular formula is C41H55N5O11. The number of phenolic OH excluding ortho intramolecular Hbond substituents is 6. The molecule has 0 atom stereocenters. The Kier molecular flexibility index (Phi) is 15.5. The van der Waals surface area contributed by atoms with Crippen molar-refractivity contribution in [1.82, 2.24) is 26.6 Å². The summed E-state index contributed by atoms with van der Waals surface area (Å²) < 4.78 is 0. The number of nitrogens with one attached hydrogen (secondary N) is 5. The van der Waals surface area contributed by atoms with Crippen molar-refractivity contribution in [3.05, 3.63) is 71.3 Å². The molecule has 16 heteroatoms. The number of hydrogen-bond acceptors (Lipinski definition) is 11. The van der Waals surface area contributed by atoms with Gasteiger partial charge in [-0.1, -0.05) is 18.2 Å². The molecule has 5 amide bonds. The standard InChI is InChI=1S/C41H55N5O11/c1-25(47)45-39(2,3)24-40(4,5)46-38(57)41(18-9-21-42-35(54)26-12-6-15-29(48)32(26)51,19-10-22-43-36(55)27-13-7-16-30(49)33(27)52)20-11-23-44-37(56)28-14-8-17-31(50)34(28)53/h6-8,12-17,48-53H,9-11,18-24H2,1-5H3,(H,42,54)(H,43,55)(H,44,56)(H,45,47)(H,46,57). The Hall–Kier alpha value is -6.19. The Balaban J connectivity index is 1.88. The first kappa shape index (κ1) is 45.2. The number of aromatic hydroxyl groups is 6. The van der Waals surface area contributed by atoms with E-state index in [0.29, 0.717) is 6.42 Å². The van der Waals surface area contributed by atoms with Gasteiger partial charge in [0.1, 0.15) is 0 Å². The SMILES string of the molecule is CC(=O)NC(C)(C)CC(C)(C)NC(=O)C(CCCNC(=O)c1cccc(O)c1O)(CCCNC(=O)c1cccc(O)c1O)CCCNC(=O)c1cccc(O)c1O. The number of rotatable bonds is 20. The van der Waals surface area contributed by atoms with Crippen molar-refractivity contribution in [2.45, 2.75) is 90.6 Å². The van der Waals surface area contributed by atoms with Gasteiger partial charge >= 0.3 is 0 Å².